The van der Waals surface area contributed by atoms with E-state index in [1.54, 1.807) is 0 Å². The van der Waals surface area contributed by atoms with Gasteiger partial charge in [0, 0.05) is 24.8 Å². The number of rotatable bonds is 1. The highest BCUT2D eigenvalue weighted by atomic mass is 79.9. The number of nitrogens with zero attached hydrogens (tertiary/aromatic N) is 2. The summed E-state index contributed by atoms with van der Waals surface area (Å²) in [7, 11) is 0. The van der Waals surface area contributed by atoms with Crippen molar-refractivity contribution in [2.24, 2.45) is 0 Å². The SMILES string of the molecule is CC(C)(C)n1nc(Br)cc1C1CCOCC1. The van der Waals surface area contributed by atoms with E-state index in [1.165, 1.54) is 5.69 Å². The average molecular weight is 287 g/mol. The van der Waals surface area contributed by atoms with Crippen LogP contribution in [0.15, 0.2) is 10.7 Å². The average Bonchev–Trinajstić information content (AvgIpc) is 2.61. The molecule has 0 aliphatic carbocycles. The third-order valence-electron chi connectivity index (χ3n) is 2.98. The molecule has 4 heteroatoms. The van der Waals surface area contributed by atoms with E-state index in [-0.39, 0.29) is 5.54 Å². The topological polar surface area (TPSA) is 27.1 Å². The van der Waals surface area contributed by atoms with E-state index < -0.39 is 0 Å². The van der Waals surface area contributed by atoms with E-state index in [0.717, 1.165) is 30.7 Å². The van der Waals surface area contributed by atoms with Gasteiger partial charge in [0.1, 0.15) is 4.60 Å². The molecular weight excluding hydrogens is 268 g/mol. The van der Waals surface area contributed by atoms with Crippen LogP contribution in [0.2, 0.25) is 0 Å². The lowest BCUT2D eigenvalue weighted by molar-refractivity contribution is 0.0823. The fourth-order valence-electron chi connectivity index (χ4n) is 2.19. The predicted octanol–water partition coefficient (Wildman–Crippen LogP) is 3.29. The maximum Gasteiger partial charge on any atom is 0.128 e. The van der Waals surface area contributed by atoms with Crippen molar-refractivity contribution >= 4 is 15.9 Å². The second-order valence-electron chi connectivity index (χ2n) is 5.36. The van der Waals surface area contributed by atoms with Gasteiger partial charge in [0.05, 0.1) is 5.54 Å². The van der Waals surface area contributed by atoms with Crippen molar-refractivity contribution in [1.29, 1.82) is 0 Å². The van der Waals surface area contributed by atoms with Gasteiger partial charge in [-0.3, -0.25) is 4.68 Å². The van der Waals surface area contributed by atoms with Crippen LogP contribution in [0.3, 0.4) is 0 Å². The molecule has 1 fully saturated rings. The van der Waals surface area contributed by atoms with Crippen LogP contribution in [0.4, 0.5) is 0 Å². The van der Waals surface area contributed by atoms with Crippen LogP contribution >= 0.6 is 15.9 Å². The third-order valence-corrected chi connectivity index (χ3v) is 3.37. The first-order valence-electron chi connectivity index (χ1n) is 5.82. The summed E-state index contributed by atoms with van der Waals surface area (Å²) < 4.78 is 8.49. The van der Waals surface area contributed by atoms with Crippen LogP contribution < -0.4 is 0 Å². The van der Waals surface area contributed by atoms with E-state index in [1.807, 2.05) is 0 Å². The normalized spacial score (nSPS) is 19.0. The van der Waals surface area contributed by atoms with Gasteiger partial charge in [0.15, 0.2) is 0 Å². The van der Waals surface area contributed by atoms with E-state index in [2.05, 4.69) is 52.5 Å². The minimum absolute atomic E-state index is 0.0413. The summed E-state index contributed by atoms with van der Waals surface area (Å²) in [5.74, 6) is 0.590. The van der Waals surface area contributed by atoms with Gasteiger partial charge in [-0.15, -0.1) is 0 Å². The quantitative estimate of drug-likeness (QED) is 0.792. The highest BCUT2D eigenvalue weighted by Gasteiger charge is 2.25. The van der Waals surface area contributed by atoms with Gasteiger partial charge in [0.2, 0.25) is 0 Å². The van der Waals surface area contributed by atoms with Gasteiger partial charge >= 0.3 is 0 Å². The summed E-state index contributed by atoms with van der Waals surface area (Å²) in [5.41, 5.74) is 1.38. The molecule has 1 aliphatic heterocycles. The molecule has 0 bridgehead atoms. The minimum Gasteiger partial charge on any atom is -0.381 e. The second kappa shape index (κ2) is 4.49. The zero-order valence-electron chi connectivity index (χ0n) is 10.2. The fraction of sp³-hybridized carbons (Fsp3) is 0.750. The predicted molar refractivity (Wildman–Crippen MR) is 67.7 cm³/mol. The van der Waals surface area contributed by atoms with Crippen molar-refractivity contribution in [3.05, 3.63) is 16.4 Å². The zero-order chi connectivity index (χ0) is 11.8. The highest BCUT2D eigenvalue weighted by molar-refractivity contribution is 9.10. The summed E-state index contributed by atoms with van der Waals surface area (Å²) in [5, 5.41) is 4.55. The number of halogens is 1. The summed E-state index contributed by atoms with van der Waals surface area (Å²) >= 11 is 3.48. The summed E-state index contributed by atoms with van der Waals surface area (Å²) in [6.07, 6.45) is 2.21. The Hall–Kier alpha value is -0.350. The lowest BCUT2D eigenvalue weighted by atomic mass is 9.95. The van der Waals surface area contributed by atoms with E-state index >= 15 is 0 Å². The first-order chi connectivity index (χ1) is 7.48. The molecule has 0 spiro atoms. The van der Waals surface area contributed by atoms with E-state index in [4.69, 9.17) is 4.74 Å². The largest absolute Gasteiger partial charge is 0.381 e. The molecule has 0 aromatic carbocycles. The molecule has 0 N–H and O–H groups in total. The number of ether oxygens (including phenoxy) is 1. The molecule has 1 aliphatic rings. The Morgan fingerprint density at radius 2 is 2.00 bits per heavy atom. The zero-order valence-corrected chi connectivity index (χ0v) is 11.7. The van der Waals surface area contributed by atoms with Crippen LogP contribution in [0.1, 0.15) is 45.2 Å². The van der Waals surface area contributed by atoms with E-state index in [0.29, 0.717) is 5.92 Å². The Bertz CT molecular complexity index is 362. The van der Waals surface area contributed by atoms with Crippen LogP contribution in [0, 0.1) is 0 Å². The molecule has 0 radical (unpaired) electrons. The van der Waals surface area contributed by atoms with Gasteiger partial charge < -0.3 is 4.74 Å². The molecule has 0 atom stereocenters. The minimum atomic E-state index is 0.0413. The Balaban J connectivity index is 2.31. The first-order valence-corrected chi connectivity index (χ1v) is 6.61. The number of hydrogen-bond donors (Lipinski definition) is 0. The Labute approximate surface area is 105 Å². The number of aromatic nitrogens is 2. The maximum atomic E-state index is 5.41. The van der Waals surface area contributed by atoms with Gasteiger partial charge in [0.25, 0.3) is 0 Å². The second-order valence-corrected chi connectivity index (χ2v) is 6.17. The summed E-state index contributed by atoms with van der Waals surface area (Å²) in [4.78, 5) is 0. The molecule has 0 unspecified atom stereocenters. The van der Waals surface area contributed by atoms with Crippen molar-refractivity contribution < 1.29 is 4.74 Å². The lowest BCUT2D eigenvalue weighted by Crippen LogP contribution is -2.28. The Kier molecular flexibility index (Phi) is 3.40. The molecule has 1 saturated heterocycles. The van der Waals surface area contributed by atoms with Crippen molar-refractivity contribution in [3.63, 3.8) is 0 Å². The van der Waals surface area contributed by atoms with Crippen molar-refractivity contribution in [3.8, 4) is 0 Å². The molecule has 1 aromatic heterocycles. The highest BCUT2D eigenvalue weighted by Crippen LogP contribution is 2.31. The molecule has 0 saturated carbocycles. The molecule has 3 nitrogen and oxygen atoms in total. The Morgan fingerprint density at radius 1 is 1.38 bits per heavy atom. The third kappa shape index (κ3) is 2.48. The molecule has 2 rings (SSSR count). The molecule has 16 heavy (non-hydrogen) atoms. The van der Waals surface area contributed by atoms with Crippen LogP contribution in [0.25, 0.3) is 0 Å². The summed E-state index contributed by atoms with van der Waals surface area (Å²) in [6, 6.07) is 2.15. The van der Waals surface area contributed by atoms with Crippen LogP contribution in [-0.2, 0) is 10.3 Å². The monoisotopic (exact) mass is 286 g/mol. The smallest absolute Gasteiger partial charge is 0.128 e. The molecule has 0 amide bonds. The van der Waals surface area contributed by atoms with Crippen molar-refractivity contribution in [1.82, 2.24) is 9.78 Å². The molecular formula is C12H19BrN2O. The fourth-order valence-corrected chi connectivity index (χ4v) is 2.58. The van der Waals surface area contributed by atoms with Crippen molar-refractivity contribution in [2.75, 3.05) is 13.2 Å². The standard InChI is InChI=1S/C12H19BrN2O/c1-12(2,3)15-10(8-11(13)14-15)9-4-6-16-7-5-9/h8-9H,4-7H2,1-3H3. The van der Waals surface area contributed by atoms with Gasteiger partial charge in [-0.25, -0.2) is 0 Å². The lowest BCUT2D eigenvalue weighted by Gasteiger charge is -2.28. The van der Waals surface area contributed by atoms with Gasteiger partial charge in [-0.2, -0.15) is 5.10 Å². The number of hydrogen-bond acceptors (Lipinski definition) is 2. The Morgan fingerprint density at radius 3 is 2.56 bits per heavy atom. The molecule has 2 heterocycles. The van der Waals surface area contributed by atoms with Crippen molar-refractivity contribution in [2.45, 2.75) is 45.1 Å². The van der Waals surface area contributed by atoms with Crippen LogP contribution in [0.5, 0.6) is 0 Å². The molecule has 90 valence electrons. The van der Waals surface area contributed by atoms with Gasteiger partial charge in [-0.1, -0.05) is 0 Å². The first kappa shape index (κ1) is 12.1. The van der Waals surface area contributed by atoms with Gasteiger partial charge in [-0.05, 0) is 55.6 Å². The maximum absolute atomic E-state index is 5.41. The van der Waals surface area contributed by atoms with E-state index in [9.17, 15) is 0 Å². The molecule has 1 aromatic rings. The van der Waals surface area contributed by atoms with Crippen LogP contribution in [-0.4, -0.2) is 23.0 Å². The summed E-state index contributed by atoms with van der Waals surface area (Å²) in [6.45, 7) is 8.31.